The minimum absolute atomic E-state index is 0.133. The number of nitrogens with two attached hydrogens (primary N) is 2. The van der Waals surface area contributed by atoms with Gasteiger partial charge in [0.25, 0.3) is 0 Å². The second kappa shape index (κ2) is 6.01. The maximum Gasteiger partial charge on any atom is 0.240 e. The maximum absolute atomic E-state index is 12.3. The van der Waals surface area contributed by atoms with Crippen molar-refractivity contribution in [1.29, 1.82) is 0 Å². The molecule has 0 bridgehead atoms. The first-order valence-electron chi connectivity index (χ1n) is 6.61. The summed E-state index contributed by atoms with van der Waals surface area (Å²) in [5, 5.41) is 5.01. The average Bonchev–Trinajstić information content (AvgIpc) is 2.40. The Bertz CT molecular complexity index is 716. The molecule has 1 saturated carbocycles. The third-order valence-corrected chi connectivity index (χ3v) is 5.97. The summed E-state index contributed by atoms with van der Waals surface area (Å²) in [6, 6.07) is 4.41. The summed E-state index contributed by atoms with van der Waals surface area (Å²) in [4.78, 5) is -0.370. The summed E-state index contributed by atoms with van der Waals surface area (Å²) in [5.41, 5.74) is 5.92. The molecule has 0 aliphatic heterocycles. The Morgan fingerprint density at radius 3 is 2.29 bits per heavy atom. The van der Waals surface area contributed by atoms with Crippen LogP contribution in [0.1, 0.15) is 25.7 Å². The molecule has 2 rings (SSSR count). The van der Waals surface area contributed by atoms with E-state index in [9.17, 15) is 16.8 Å². The Kier molecular flexibility index (Phi) is 4.69. The third-order valence-electron chi connectivity index (χ3n) is 3.57. The van der Waals surface area contributed by atoms with Crippen molar-refractivity contribution in [3.8, 4) is 0 Å². The van der Waals surface area contributed by atoms with Crippen LogP contribution in [0.3, 0.4) is 0 Å². The van der Waals surface area contributed by atoms with Gasteiger partial charge in [0.2, 0.25) is 20.0 Å². The topological polar surface area (TPSA) is 132 Å². The first-order valence-corrected chi connectivity index (χ1v) is 9.64. The summed E-state index contributed by atoms with van der Waals surface area (Å²) in [6.07, 6.45) is 3.35. The zero-order chi connectivity index (χ0) is 15.7. The molecule has 1 fully saturated rings. The quantitative estimate of drug-likeness (QED) is 0.707. The number of sulfonamides is 2. The van der Waals surface area contributed by atoms with Crippen molar-refractivity contribution in [2.24, 2.45) is 10.9 Å². The summed E-state index contributed by atoms with van der Waals surface area (Å²) in [7, 11) is -7.77. The molecule has 118 valence electrons. The highest BCUT2D eigenvalue weighted by atomic mass is 32.2. The van der Waals surface area contributed by atoms with E-state index in [-0.39, 0.29) is 21.9 Å². The monoisotopic (exact) mass is 333 g/mol. The summed E-state index contributed by atoms with van der Waals surface area (Å²) >= 11 is 0. The molecule has 0 aromatic heterocycles. The van der Waals surface area contributed by atoms with Crippen molar-refractivity contribution in [2.75, 3.05) is 0 Å². The maximum atomic E-state index is 12.3. The highest BCUT2D eigenvalue weighted by molar-refractivity contribution is 7.90. The Morgan fingerprint density at radius 2 is 1.67 bits per heavy atom. The van der Waals surface area contributed by atoms with Crippen LogP contribution in [0.5, 0.6) is 0 Å². The van der Waals surface area contributed by atoms with Crippen LogP contribution >= 0.6 is 0 Å². The lowest BCUT2D eigenvalue weighted by Crippen LogP contribution is -2.49. The summed E-state index contributed by atoms with van der Waals surface area (Å²) < 4.78 is 49.8. The van der Waals surface area contributed by atoms with E-state index in [0.29, 0.717) is 6.42 Å². The molecule has 0 spiro atoms. The number of hydrogen-bond donors (Lipinski definition) is 3. The normalized spacial score (nSPS) is 23.9. The highest BCUT2D eigenvalue weighted by Gasteiger charge is 2.27. The second-order valence-corrected chi connectivity index (χ2v) is 8.47. The van der Waals surface area contributed by atoms with Crippen LogP contribution in [0.25, 0.3) is 0 Å². The van der Waals surface area contributed by atoms with Gasteiger partial charge in [-0.25, -0.2) is 26.7 Å². The van der Waals surface area contributed by atoms with E-state index in [0.717, 1.165) is 25.3 Å². The van der Waals surface area contributed by atoms with Crippen LogP contribution in [-0.4, -0.2) is 28.9 Å². The van der Waals surface area contributed by atoms with Gasteiger partial charge in [0.1, 0.15) is 0 Å². The van der Waals surface area contributed by atoms with Crippen molar-refractivity contribution in [1.82, 2.24) is 4.72 Å². The molecule has 0 heterocycles. The molecule has 2 unspecified atom stereocenters. The Balaban J connectivity index is 2.27. The SMILES string of the molecule is NC1CCCCC1NS(=O)(=O)c1cccc(S(N)(=O)=O)c1. The molecule has 9 heteroatoms. The van der Waals surface area contributed by atoms with E-state index in [2.05, 4.69) is 4.72 Å². The molecule has 7 nitrogen and oxygen atoms in total. The van der Waals surface area contributed by atoms with Gasteiger partial charge in [0.05, 0.1) is 9.79 Å². The molecular formula is C12H19N3O4S2. The number of benzene rings is 1. The van der Waals surface area contributed by atoms with E-state index in [4.69, 9.17) is 10.9 Å². The highest BCUT2D eigenvalue weighted by Crippen LogP contribution is 2.20. The van der Waals surface area contributed by atoms with Crippen LogP contribution < -0.4 is 15.6 Å². The molecule has 5 N–H and O–H groups in total. The number of primary sulfonamides is 1. The van der Waals surface area contributed by atoms with E-state index in [1.54, 1.807) is 0 Å². The zero-order valence-corrected chi connectivity index (χ0v) is 13.0. The molecule has 21 heavy (non-hydrogen) atoms. The lowest BCUT2D eigenvalue weighted by molar-refractivity contribution is 0.361. The van der Waals surface area contributed by atoms with Crippen LogP contribution in [0, 0.1) is 0 Å². The molecule has 2 atom stereocenters. The first-order chi connectivity index (χ1) is 9.70. The van der Waals surface area contributed by atoms with E-state index >= 15 is 0 Å². The summed E-state index contributed by atoms with van der Waals surface area (Å²) in [6.45, 7) is 0. The zero-order valence-electron chi connectivity index (χ0n) is 11.4. The van der Waals surface area contributed by atoms with Gasteiger partial charge in [0, 0.05) is 12.1 Å². The van der Waals surface area contributed by atoms with Gasteiger partial charge in [0.15, 0.2) is 0 Å². The molecule has 1 aromatic rings. The second-order valence-electron chi connectivity index (χ2n) is 5.20. The number of nitrogens with one attached hydrogen (secondary N) is 1. The Labute approximate surface area is 124 Å². The number of hydrogen-bond acceptors (Lipinski definition) is 5. The van der Waals surface area contributed by atoms with Gasteiger partial charge < -0.3 is 5.73 Å². The predicted molar refractivity (Wildman–Crippen MR) is 78.4 cm³/mol. The fourth-order valence-electron chi connectivity index (χ4n) is 2.39. The largest absolute Gasteiger partial charge is 0.326 e. The van der Waals surface area contributed by atoms with Gasteiger partial charge >= 0.3 is 0 Å². The minimum Gasteiger partial charge on any atom is -0.326 e. The van der Waals surface area contributed by atoms with E-state index in [1.807, 2.05) is 0 Å². The van der Waals surface area contributed by atoms with Crippen molar-refractivity contribution >= 4 is 20.0 Å². The van der Waals surface area contributed by atoms with Gasteiger partial charge in [-0.1, -0.05) is 18.9 Å². The van der Waals surface area contributed by atoms with Crippen molar-refractivity contribution in [2.45, 2.75) is 47.6 Å². The van der Waals surface area contributed by atoms with Crippen LogP contribution in [0.2, 0.25) is 0 Å². The molecule has 1 aliphatic rings. The van der Waals surface area contributed by atoms with Crippen LogP contribution in [-0.2, 0) is 20.0 Å². The van der Waals surface area contributed by atoms with Gasteiger partial charge in [-0.3, -0.25) is 0 Å². The van der Waals surface area contributed by atoms with Gasteiger partial charge in [-0.15, -0.1) is 0 Å². The summed E-state index contributed by atoms with van der Waals surface area (Å²) in [5.74, 6) is 0. The minimum atomic E-state index is -3.95. The standard InChI is InChI=1S/C12H19N3O4S2/c13-11-6-1-2-7-12(11)15-21(18,19)10-5-3-4-9(8-10)20(14,16)17/h3-5,8,11-12,15H,1-2,6-7,13H2,(H2,14,16,17). The molecule has 0 saturated heterocycles. The van der Waals surface area contributed by atoms with Crippen LogP contribution in [0.4, 0.5) is 0 Å². The van der Waals surface area contributed by atoms with Gasteiger partial charge in [-0.2, -0.15) is 0 Å². The first kappa shape index (κ1) is 16.4. The Hall–Kier alpha value is -1.00. The Morgan fingerprint density at radius 1 is 1.05 bits per heavy atom. The lowest BCUT2D eigenvalue weighted by Gasteiger charge is -2.29. The smallest absolute Gasteiger partial charge is 0.240 e. The predicted octanol–water partition coefficient (Wildman–Crippen LogP) is -0.118. The fourth-order valence-corrected chi connectivity index (χ4v) is 4.39. The molecule has 1 aromatic carbocycles. The molecule has 1 aliphatic carbocycles. The molecule has 0 radical (unpaired) electrons. The van der Waals surface area contributed by atoms with Crippen molar-refractivity contribution in [3.05, 3.63) is 24.3 Å². The van der Waals surface area contributed by atoms with Gasteiger partial charge in [-0.05, 0) is 31.0 Å². The van der Waals surface area contributed by atoms with Crippen LogP contribution in [0.15, 0.2) is 34.1 Å². The fraction of sp³-hybridized carbons (Fsp3) is 0.500. The lowest BCUT2D eigenvalue weighted by atomic mass is 9.92. The van der Waals surface area contributed by atoms with E-state index in [1.165, 1.54) is 18.2 Å². The van der Waals surface area contributed by atoms with E-state index < -0.39 is 20.0 Å². The average molecular weight is 333 g/mol. The third kappa shape index (κ3) is 4.01. The molecular weight excluding hydrogens is 314 g/mol. The molecule has 0 amide bonds. The number of rotatable bonds is 4. The van der Waals surface area contributed by atoms with Crippen molar-refractivity contribution < 1.29 is 16.8 Å². The van der Waals surface area contributed by atoms with Crippen molar-refractivity contribution in [3.63, 3.8) is 0 Å².